The van der Waals surface area contributed by atoms with Gasteiger partial charge in [0.25, 0.3) is 0 Å². The Morgan fingerprint density at radius 1 is 1.07 bits per heavy atom. The molecule has 2 aromatic carbocycles. The molecule has 0 saturated carbocycles. The van der Waals surface area contributed by atoms with E-state index in [2.05, 4.69) is 6.58 Å². The fraction of sp³-hybridized carbons (Fsp3) is 0.250. The van der Waals surface area contributed by atoms with Crippen LogP contribution in [0.25, 0.3) is 0 Å². The SMILES string of the molecule is C=C(C)CC(c1ccc(OC)cc1)N(Cc1ccco1)S(=O)(=O)Cc1ccccc1. The predicted molar refractivity (Wildman–Crippen MR) is 118 cm³/mol. The lowest BCUT2D eigenvalue weighted by Gasteiger charge is -2.31. The summed E-state index contributed by atoms with van der Waals surface area (Å²) in [7, 11) is -2.05. The normalized spacial score (nSPS) is 12.6. The largest absolute Gasteiger partial charge is 0.497 e. The third kappa shape index (κ3) is 5.62. The van der Waals surface area contributed by atoms with Crippen LogP contribution < -0.4 is 4.74 Å². The van der Waals surface area contributed by atoms with Crippen LogP contribution in [-0.4, -0.2) is 19.8 Å². The van der Waals surface area contributed by atoms with Gasteiger partial charge in [-0.05, 0) is 48.7 Å². The van der Waals surface area contributed by atoms with Crippen molar-refractivity contribution in [3.63, 3.8) is 0 Å². The van der Waals surface area contributed by atoms with Crippen molar-refractivity contribution in [1.82, 2.24) is 4.31 Å². The van der Waals surface area contributed by atoms with Crippen molar-refractivity contribution in [3.05, 3.63) is 102 Å². The second-order valence-corrected chi connectivity index (χ2v) is 9.24. The molecule has 30 heavy (non-hydrogen) atoms. The van der Waals surface area contributed by atoms with Crippen LogP contribution >= 0.6 is 0 Å². The molecule has 0 aliphatic rings. The number of benzene rings is 2. The first-order valence-electron chi connectivity index (χ1n) is 9.73. The molecule has 0 aliphatic carbocycles. The third-order valence-corrected chi connectivity index (χ3v) is 6.63. The van der Waals surface area contributed by atoms with E-state index in [1.54, 1.807) is 25.5 Å². The summed E-state index contributed by atoms with van der Waals surface area (Å²) in [4.78, 5) is 0. The minimum absolute atomic E-state index is 0.0859. The maximum atomic E-state index is 13.6. The molecule has 6 heteroatoms. The Balaban J connectivity index is 2.02. The fourth-order valence-corrected chi connectivity index (χ4v) is 5.06. The highest BCUT2D eigenvalue weighted by Crippen LogP contribution is 2.33. The lowest BCUT2D eigenvalue weighted by atomic mass is 10.00. The Hall–Kier alpha value is -2.83. The quantitative estimate of drug-likeness (QED) is 0.412. The summed E-state index contributed by atoms with van der Waals surface area (Å²) in [5.74, 6) is 1.22. The van der Waals surface area contributed by atoms with Crippen LogP contribution in [0, 0.1) is 0 Å². The van der Waals surface area contributed by atoms with Crippen molar-refractivity contribution in [3.8, 4) is 5.75 Å². The van der Waals surface area contributed by atoms with E-state index in [0.717, 1.165) is 22.4 Å². The molecule has 0 radical (unpaired) electrons. The van der Waals surface area contributed by atoms with Gasteiger partial charge in [-0.1, -0.05) is 48.0 Å². The fourth-order valence-electron chi connectivity index (χ4n) is 3.37. The minimum atomic E-state index is -3.66. The van der Waals surface area contributed by atoms with Crippen molar-refractivity contribution in [2.75, 3.05) is 7.11 Å². The number of nitrogens with zero attached hydrogens (tertiary/aromatic N) is 1. The summed E-state index contributed by atoms with van der Waals surface area (Å²) < 4.78 is 39.4. The van der Waals surface area contributed by atoms with Gasteiger partial charge in [-0.2, -0.15) is 4.31 Å². The Labute approximate surface area is 178 Å². The Morgan fingerprint density at radius 2 is 1.77 bits per heavy atom. The number of methoxy groups -OCH3 is 1. The van der Waals surface area contributed by atoms with Crippen LogP contribution in [-0.2, 0) is 22.3 Å². The lowest BCUT2D eigenvalue weighted by Crippen LogP contribution is -2.35. The van der Waals surface area contributed by atoms with E-state index in [9.17, 15) is 8.42 Å². The van der Waals surface area contributed by atoms with Gasteiger partial charge in [-0.15, -0.1) is 6.58 Å². The number of ether oxygens (including phenoxy) is 1. The molecule has 1 unspecified atom stereocenters. The van der Waals surface area contributed by atoms with E-state index in [1.165, 1.54) is 4.31 Å². The predicted octanol–water partition coefficient (Wildman–Crippen LogP) is 5.33. The molecule has 1 atom stereocenters. The van der Waals surface area contributed by atoms with Crippen molar-refractivity contribution < 1.29 is 17.6 Å². The van der Waals surface area contributed by atoms with E-state index in [4.69, 9.17) is 9.15 Å². The molecule has 0 fully saturated rings. The molecule has 1 aromatic heterocycles. The summed E-state index contributed by atoms with van der Waals surface area (Å²) in [5, 5.41) is 0. The van der Waals surface area contributed by atoms with Gasteiger partial charge in [0.2, 0.25) is 10.0 Å². The van der Waals surface area contributed by atoms with Gasteiger partial charge in [0.15, 0.2) is 0 Å². The average Bonchev–Trinajstić information content (AvgIpc) is 3.24. The zero-order chi connectivity index (χ0) is 21.6. The molecule has 3 rings (SSSR count). The zero-order valence-electron chi connectivity index (χ0n) is 17.3. The van der Waals surface area contributed by atoms with Crippen LogP contribution in [0.2, 0.25) is 0 Å². The number of sulfonamides is 1. The maximum Gasteiger partial charge on any atom is 0.219 e. The van der Waals surface area contributed by atoms with E-state index in [-0.39, 0.29) is 12.3 Å². The first-order valence-corrected chi connectivity index (χ1v) is 11.3. The molecule has 0 spiro atoms. The van der Waals surface area contributed by atoms with Crippen LogP contribution in [0.3, 0.4) is 0 Å². The Kier molecular flexibility index (Phi) is 7.13. The van der Waals surface area contributed by atoms with Crippen LogP contribution in [0.5, 0.6) is 5.75 Å². The number of hydrogen-bond acceptors (Lipinski definition) is 4. The molecular weight excluding hydrogens is 398 g/mol. The Morgan fingerprint density at radius 3 is 2.33 bits per heavy atom. The van der Waals surface area contributed by atoms with Crippen molar-refractivity contribution >= 4 is 10.0 Å². The standard InChI is InChI=1S/C24H27NO4S/c1-19(2)16-24(21-11-13-22(28-3)14-12-21)25(17-23-10-7-15-29-23)30(26,27)18-20-8-5-4-6-9-20/h4-15,24H,1,16-18H2,2-3H3. The van der Waals surface area contributed by atoms with E-state index < -0.39 is 16.1 Å². The van der Waals surface area contributed by atoms with Crippen molar-refractivity contribution in [2.24, 2.45) is 0 Å². The van der Waals surface area contributed by atoms with Gasteiger partial charge in [-0.3, -0.25) is 0 Å². The second-order valence-electron chi connectivity index (χ2n) is 7.32. The van der Waals surface area contributed by atoms with Crippen LogP contribution in [0.1, 0.15) is 36.3 Å². The monoisotopic (exact) mass is 425 g/mol. The van der Waals surface area contributed by atoms with E-state index >= 15 is 0 Å². The average molecular weight is 426 g/mol. The molecule has 0 N–H and O–H groups in total. The summed E-state index contributed by atoms with van der Waals surface area (Å²) in [5.41, 5.74) is 2.52. The second kappa shape index (κ2) is 9.78. The minimum Gasteiger partial charge on any atom is -0.497 e. The summed E-state index contributed by atoms with van der Waals surface area (Å²) in [6.45, 7) is 6.08. The smallest absolute Gasteiger partial charge is 0.219 e. The molecule has 1 heterocycles. The van der Waals surface area contributed by atoms with Gasteiger partial charge in [0.1, 0.15) is 11.5 Å². The van der Waals surface area contributed by atoms with Crippen LogP contribution in [0.4, 0.5) is 0 Å². The van der Waals surface area contributed by atoms with Gasteiger partial charge in [0.05, 0.1) is 31.7 Å². The topological polar surface area (TPSA) is 59.8 Å². The zero-order valence-corrected chi connectivity index (χ0v) is 18.1. The molecule has 0 amide bonds. The highest BCUT2D eigenvalue weighted by atomic mass is 32.2. The summed E-state index contributed by atoms with van der Waals surface area (Å²) >= 11 is 0. The number of rotatable bonds is 10. The molecule has 0 aliphatic heterocycles. The van der Waals surface area contributed by atoms with Crippen molar-refractivity contribution in [1.29, 1.82) is 0 Å². The molecule has 0 saturated heterocycles. The third-order valence-electron chi connectivity index (χ3n) is 4.83. The van der Waals surface area contributed by atoms with E-state index in [0.29, 0.717) is 12.2 Å². The van der Waals surface area contributed by atoms with Gasteiger partial charge in [-0.25, -0.2) is 8.42 Å². The van der Waals surface area contributed by atoms with Crippen LogP contribution in [0.15, 0.2) is 89.6 Å². The summed E-state index contributed by atoms with van der Waals surface area (Å²) in [6, 6.07) is 19.8. The molecule has 5 nitrogen and oxygen atoms in total. The summed E-state index contributed by atoms with van der Waals surface area (Å²) in [6.07, 6.45) is 2.06. The highest BCUT2D eigenvalue weighted by molar-refractivity contribution is 7.88. The van der Waals surface area contributed by atoms with Gasteiger partial charge < -0.3 is 9.15 Å². The highest BCUT2D eigenvalue weighted by Gasteiger charge is 2.32. The molecule has 0 bridgehead atoms. The molecule has 3 aromatic rings. The van der Waals surface area contributed by atoms with Crippen molar-refractivity contribution in [2.45, 2.75) is 31.7 Å². The molecular formula is C24H27NO4S. The maximum absolute atomic E-state index is 13.6. The van der Waals surface area contributed by atoms with Gasteiger partial charge >= 0.3 is 0 Å². The van der Waals surface area contributed by atoms with E-state index in [1.807, 2.05) is 61.5 Å². The number of furan rings is 1. The first-order chi connectivity index (χ1) is 14.4. The first kappa shape index (κ1) is 21.9. The molecule has 158 valence electrons. The number of hydrogen-bond donors (Lipinski definition) is 0. The van der Waals surface area contributed by atoms with Gasteiger partial charge in [0, 0.05) is 0 Å². The Bertz CT molecular complexity index is 1040. The lowest BCUT2D eigenvalue weighted by molar-refractivity contribution is 0.290.